The number of fused-ring (bicyclic) bond motifs is 1. The molecule has 0 aliphatic heterocycles. The molecule has 5 heteroatoms. The van der Waals surface area contributed by atoms with E-state index in [0.717, 1.165) is 5.39 Å². The zero-order valence-corrected chi connectivity index (χ0v) is 12.2. The van der Waals surface area contributed by atoms with Gasteiger partial charge in [-0.15, -0.1) is 0 Å². The fourth-order valence-corrected chi connectivity index (χ4v) is 2.13. The molecule has 73 valence electrons. The standard InChI is InChI=1S/C10H8O3S.K/c11-14(12,13)10-7-3-5-8-4-1-2-6-9(8)10;/h1-7H,(H,11,12,13);. The SMILES string of the molecule is O=S(=O)(O)c1cccc2ccccc12.[K]. The van der Waals surface area contributed by atoms with E-state index < -0.39 is 10.1 Å². The maximum Gasteiger partial charge on any atom is 0.295 e. The average Bonchev–Trinajstić information content (AvgIpc) is 2.15. The predicted molar refractivity (Wildman–Crippen MR) is 59.5 cm³/mol. The Hall–Kier alpha value is 0.246. The van der Waals surface area contributed by atoms with E-state index in [4.69, 9.17) is 4.55 Å². The summed E-state index contributed by atoms with van der Waals surface area (Å²) >= 11 is 0. The first kappa shape index (κ1) is 13.3. The van der Waals surface area contributed by atoms with E-state index in [1.807, 2.05) is 6.07 Å². The molecule has 0 saturated heterocycles. The van der Waals surface area contributed by atoms with Crippen molar-refractivity contribution in [2.24, 2.45) is 0 Å². The third-order valence-electron chi connectivity index (χ3n) is 2.03. The second-order valence-electron chi connectivity index (χ2n) is 2.95. The van der Waals surface area contributed by atoms with Gasteiger partial charge in [0.05, 0.1) is 0 Å². The molecule has 0 aromatic heterocycles. The van der Waals surface area contributed by atoms with Crippen molar-refractivity contribution in [1.29, 1.82) is 0 Å². The Labute approximate surface area is 131 Å². The average molecular weight is 247 g/mol. The fraction of sp³-hybridized carbons (Fsp3) is 0. The zero-order chi connectivity index (χ0) is 10.2. The molecule has 0 aliphatic carbocycles. The molecule has 0 fully saturated rings. The van der Waals surface area contributed by atoms with Gasteiger partial charge in [0, 0.05) is 56.8 Å². The molecule has 2 aromatic rings. The van der Waals surface area contributed by atoms with Gasteiger partial charge in [0.25, 0.3) is 10.1 Å². The van der Waals surface area contributed by atoms with Gasteiger partial charge in [0.15, 0.2) is 0 Å². The third-order valence-corrected chi connectivity index (χ3v) is 2.94. The normalized spacial score (nSPS) is 11.0. The Morgan fingerprint density at radius 3 is 2.20 bits per heavy atom. The molecule has 3 nitrogen and oxygen atoms in total. The van der Waals surface area contributed by atoms with Crippen molar-refractivity contribution in [1.82, 2.24) is 0 Å². The molecule has 0 spiro atoms. The molecular formula is C10H8KO3S. The summed E-state index contributed by atoms with van der Waals surface area (Å²) in [5.74, 6) is 0. The molecule has 1 N–H and O–H groups in total. The van der Waals surface area contributed by atoms with Gasteiger partial charge >= 0.3 is 0 Å². The number of rotatable bonds is 1. The van der Waals surface area contributed by atoms with Crippen LogP contribution < -0.4 is 0 Å². The summed E-state index contributed by atoms with van der Waals surface area (Å²) in [6.07, 6.45) is 0. The van der Waals surface area contributed by atoms with Crippen LogP contribution in [0, 0.1) is 0 Å². The van der Waals surface area contributed by atoms with Gasteiger partial charge in [0.2, 0.25) is 0 Å². The van der Waals surface area contributed by atoms with E-state index in [1.54, 1.807) is 30.3 Å². The molecule has 0 bridgehead atoms. The second-order valence-corrected chi connectivity index (χ2v) is 4.34. The minimum absolute atomic E-state index is 0. The summed E-state index contributed by atoms with van der Waals surface area (Å²) < 4.78 is 31.0. The van der Waals surface area contributed by atoms with E-state index >= 15 is 0 Å². The van der Waals surface area contributed by atoms with Gasteiger partial charge in [-0.05, 0) is 11.5 Å². The van der Waals surface area contributed by atoms with Gasteiger partial charge in [-0.2, -0.15) is 8.42 Å². The first-order valence-electron chi connectivity index (χ1n) is 4.04. The molecule has 2 rings (SSSR count). The van der Waals surface area contributed by atoms with Gasteiger partial charge in [0.1, 0.15) is 4.90 Å². The minimum Gasteiger partial charge on any atom is -0.282 e. The predicted octanol–water partition coefficient (Wildman–Crippen LogP) is 1.71. The molecule has 0 heterocycles. The Morgan fingerprint density at radius 1 is 0.933 bits per heavy atom. The van der Waals surface area contributed by atoms with Crippen LogP contribution in [0.3, 0.4) is 0 Å². The summed E-state index contributed by atoms with van der Waals surface area (Å²) in [6.45, 7) is 0. The Morgan fingerprint density at radius 2 is 1.53 bits per heavy atom. The largest absolute Gasteiger partial charge is 0.295 e. The zero-order valence-electron chi connectivity index (χ0n) is 8.21. The van der Waals surface area contributed by atoms with E-state index in [-0.39, 0.29) is 56.3 Å². The molecule has 15 heavy (non-hydrogen) atoms. The number of benzene rings is 2. The number of hydrogen-bond acceptors (Lipinski definition) is 2. The van der Waals surface area contributed by atoms with Crippen molar-refractivity contribution in [3.63, 3.8) is 0 Å². The minimum atomic E-state index is -4.13. The fourth-order valence-electron chi connectivity index (χ4n) is 1.42. The molecule has 0 saturated carbocycles. The van der Waals surface area contributed by atoms with Gasteiger partial charge in [-0.3, -0.25) is 4.55 Å². The van der Waals surface area contributed by atoms with E-state index in [1.165, 1.54) is 6.07 Å². The van der Waals surface area contributed by atoms with Crippen LogP contribution in [-0.4, -0.2) is 64.4 Å². The van der Waals surface area contributed by atoms with Gasteiger partial charge in [-0.1, -0.05) is 36.4 Å². The summed E-state index contributed by atoms with van der Waals surface area (Å²) in [4.78, 5) is -0.0457. The summed E-state index contributed by atoms with van der Waals surface area (Å²) in [5.41, 5.74) is 0. The Balaban J connectivity index is 0.00000112. The van der Waals surface area contributed by atoms with Crippen molar-refractivity contribution in [3.05, 3.63) is 42.5 Å². The maximum absolute atomic E-state index is 11.0. The quantitative estimate of drug-likeness (QED) is 0.616. The molecule has 0 aliphatic rings. The molecule has 0 atom stereocenters. The van der Waals surface area contributed by atoms with E-state index in [0.29, 0.717) is 5.39 Å². The van der Waals surface area contributed by atoms with Gasteiger partial charge < -0.3 is 0 Å². The van der Waals surface area contributed by atoms with E-state index in [2.05, 4.69) is 0 Å². The van der Waals surface area contributed by atoms with Crippen molar-refractivity contribution in [2.75, 3.05) is 0 Å². The smallest absolute Gasteiger partial charge is 0.282 e. The monoisotopic (exact) mass is 247 g/mol. The second kappa shape index (κ2) is 5.05. The molecule has 0 amide bonds. The van der Waals surface area contributed by atoms with Crippen molar-refractivity contribution in [2.45, 2.75) is 4.90 Å². The van der Waals surface area contributed by atoms with Gasteiger partial charge in [-0.25, -0.2) is 0 Å². The Bertz CT molecular complexity index is 573. The summed E-state index contributed by atoms with van der Waals surface area (Å²) in [5, 5.41) is 1.33. The Kier molecular flexibility index (Phi) is 4.48. The summed E-state index contributed by atoms with van der Waals surface area (Å²) in [7, 11) is -4.13. The number of hydrogen-bond donors (Lipinski definition) is 1. The van der Waals surface area contributed by atoms with Crippen LogP contribution in [0.5, 0.6) is 0 Å². The molecular weight excluding hydrogens is 239 g/mol. The van der Waals surface area contributed by atoms with Crippen molar-refractivity contribution >= 4 is 72.3 Å². The maximum atomic E-state index is 11.0. The topological polar surface area (TPSA) is 54.4 Å². The third kappa shape index (κ3) is 2.88. The van der Waals surface area contributed by atoms with Crippen LogP contribution in [0.25, 0.3) is 10.8 Å². The summed E-state index contributed by atoms with van der Waals surface area (Å²) in [6, 6.07) is 11.8. The van der Waals surface area contributed by atoms with Crippen LogP contribution >= 0.6 is 0 Å². The molecule has 2 aromatic carbocycles. The molecule has 1 radical (unpaired) electrons. The van der Waals surface area contributed by atoms with Crippen LogP contribution in [0.2, 0.25) is 0 Å². The first-order chi connectivity index (χ1) is 6.59. The van der Waals surface area contributed by atoms with Crippen LogP contribution in [0.4, 0.5) is 0 Å². The van der Waals surface area contributed by atoms with Crippen LogP contribution in [-0.2, 0) is 10.1 Å². The molecule has 0 unspecified atom stereocenters. The first-order valence-corrected chi connectivity index (χ1v) is 5.48. The van der Waals surface area contributed by atoms with E-state index in [9.17, 15) is 8.42 Å². The van der Waals surface area contributed by atoms with Crippen LogP contribution in [0.15, 0.2) is 47.4 Å². The van der Waals surface area contributed by atoms with Crippen molar-refractivity contribution < 1.29 is 13.0 Å². The van der Waals surface area contributed by atoms with Crippen molar-refractivity contribution in [3.8, 4) is 0 Å². The van der Waals surface area contributed by atoms with Crippen LogP contribution in [0.1, 0.15) is 0 Å².